The van der Waals surface area contributed by atoms with Crippen LogP contribution < -0.4 is 4.90 Å². The van der Waals surface area contributed by atoms with Gasteiger partial charge in [0.05, 0.1) is 0 Å². The monoisotopic (exact) mass is 352 g/mol. The first-order chi connectivity index (χ1) is 12.6. The van der Waals surface area contributed by atoms with E-state index < -0.39 is 0 Å². The Balaban J connectivity index is 1.54. The van der Waals surface area contributed by atoms with E-state index in [2.05, 4.69) is 22.0 Å². The smallest absolute Gasteiger partial charge is 0.242 e. The number of anilines is 1. The van der Waals surface area contributed by atoms with E-state index in [0.717, 1.165) is 18.7 Å². The van der Waals surface area contributed by atoms with Crippen molar-refractivity contribution in [3.05, 3.63) is 60.4 Å². The van der Waals surface area contributed by atoms with Gasteiger partial charge in [0, 0.05) is 57.7 Å². The van der Waals surface area contributed by atoms with E-state index in [0.29, 0.717) is 19.6 Å². The predicted molar refractivity (Wildman–Crippen MR) is 101 cm³/mol. The minimum Gasteiger partial charge on any atom is -0.368 e. The van der Waals surface area contributed by atoms with Crippen LogP contribution in [0, 0.1) is 0 Å². The number of nitrogens with zero attached hydrogens (tertiary/aromatic N) is 4. The normalized spacial score (nSPS) is 14.2. The van der Waals surface area contributed by atoms with Crippen molar-refractivity contribution < 1.29 is 9.59 Å². The van der Waals surface area contributed by atoms with Crippen molar-refractivity contribution in [3.63, 3.8) is 0 Å². The van der Waals surface area contributed by atoms with Crippen LogP contribution in [0.25, 0.3) is 0 Å². The van der Waals surface area contributed by atoms with Gasteiger partial charge in [-0.2, -0.15) is 0 Å². The van der Waals surface area contributed by atoms with Crippen molar-refractivity contribution in [1.82, 2.24) is 14.8 Å². The van der Waals surface area contributed by atoms with Crippen LogP contribution in [0.3, 0.4) is 0 Å². The van der Waals surface area contributed by atoms with Crippen LogP contribution >= 0.6 is 0 Å². The highest BCUT2D eigenvalue weighted by molar-refractivity contribution is 5.84. The number of rotatable bonds is 5. The first kappa shape index (κ1) is 17.9. The Kier molecular flexibility index (Phi) is 5.84. The van der Waals surface area contributed by atoms with Crippen molar-refractivity contribution in [2.75, 3.05) is 37.6 Å². The molecule has 0 spiro atoms. The van der Waals surface area contributed by atoms with Gasteiger partial charge in [0.25, 0.3) is 0 Å². The average Bonchev–Trinajstić information content (AvgIpc) is 2.69. The Morgan fingerprint density at radius 1 is 1.00 bits per heavy atom. The zero-order valence-corrected chi connectivity index (χ0v) is 15.0. The van der Waals surface area contributed by atoms with Crippen molar-refractivity contribution in [2.45, 2.75) is 13.5 Å². The highest BCUT2D eigenvalue weighted by atomic mass is 16.2. The van der Waals surface area contributed by atoms with Crippen molar-refractivity contribution in [1.29, 1.82) is 0 Å². The molecule has 2 aromatic rings. The zero-order valence-electron chi connectivity index (χ0n) is 15.0. The van der Waals surface area contributed by atoms with Crippen LogP contribution in [0.1, 0.15) is 12.5 Å². The Labute approximate surface area is 154 Å². The number of carbonyl (C=O) groups is 2. The number of carbonyl (C=O) groups excluding carboxylic acids is 2. The Morgan fingerprint density at radius 2 is 1.65 bits per heavy atom. The van der Waals surface area contributed by atoms with Gasteiger partial charge in [0.1, 0.15) is 6.54 Å². The Morgan fingerprint density at radius 3 is 2.27 bits per heavy atom. The number of benzene rings is 1. The second-order valence-corrected chi connectivity index (χ2v) is 6.43. The number of hydrogen-bond acceptors (Lipinski definition) is 4. The molecule has 1 saturated heterocycles. The van der Waals surface area contributed by atoms with Gasteiger partial charge in [-0.3, -0.25) is 14.6 Å². The van der Waals surface area contributed by atoms with Gasteiger partial charge in [0.2, 0.25) is 11.8 Å². The third-order valence-electron chi connectivity index (χ3n) is 4.65. The quantitative estimate of drug-likeness (QED) is 0.823. The van der Waals surface area contributed by atoms with Gasteiger partial charge in [-0.05, 0) is 29.8 Å². The summed E-state index contributed by atoms with van der Waals surface area (Å²) in [7, 11) is 0. The molecular weight excluding hydrogens is 328 g/mol. The molecule has 1 aromatic carbocycles. The van der Waals surface area contributed by atoms with Crippen LogP contribution in [0.5, 0.6) is 0 Å². The van der Waals surface area contributed by atoms with E-state index in [1.54, 1.807) is 17.3 Å². The lowest BCUT2D eigenvalue weighted by Gasteiger charge is -2.37. The number of pyridine rings is 1. The molecule has 0 aliphatic carbocycles. The molecule has 2 heterocycles. The molecule has 6 heteroatoms. The zero-order chi connectivity index (χ0) is 18.4. The van der Waals surface area contributed by atoms with Crippen molar-refractivity contribution in [2.24, 2.45) is 0 Å². The average molecular weight is 352 g/mol. The molecule has 1 aromatic heterocycles. The molecule has 0 saturated carbocycles. The van der Waals surface area contributed by atoms with Gasteiger partial charge in [-0.1, -0.05) is 18.2 Å². The van der Waals surface area contributed by atoms with Crippen LogP contribution in [0.15, 0.2) is 54.9 Å². The predicted octanol–water partition coefficient (Wildman–Crippen LogP) is 1.78. The molecule has 3 rings (SSSR count). The summed E-state index contributed by atoms with van der Waals surface area (Å²) >= 11 is 0. The standard InChI is InChI=1S/C20H24N4O2/c1-17(25)24(15-18-7-9-21-10-8-18)16-20(26)23-13-11-22(12-14-23)19-5-3-2-4-6-19/h2-10H,11-16H2,1H3. The van der Waals surface area contributed by atoms with E-state index in [-0.39, 0.29) is 18.4 Å². The van der Waals surface area contributed by atoms with Gasteiger partial charge in [-0.25, -0.2) is 0 Å². The van der Waals surface area contributed by atoms with E-state index in [1.807, 2.05) is 35.2 Å². The molecule has 1 aliphatic rings. The summed E-state index contributed by atoms with van der Waals surface area (Å²) in [6.07, 6.45) is 3.39. The largest absolute Gasteiger partial charge is 0.368 e. The van der Waals surface area contributed by atoms with Gasteiger partial charge >= 0.3 is 0 Å². The van der Waals surface area contributed by atoms with Crippen LogP contribution in [-0.4, -0.2) is 59.3 Å². The molecular formula is C20H24N4O2. The molecule has 0 unspecified atom stereocenters. The number of para-hydroxylation sites is 1. The maximum Gasteiger partial charge on any atom is 0.242 e. The number of piperazine rings is 1. The first-order valence-electron chi connectivity index (χ1n) is 8.85. The summed E-state index contributed by atoms with van der Waals surface area (Å²) in [4.78, 5) is 34.3. The summed E-state index contributed by atoms with van der Waals surface area (Å²) in [6.45, 7) is 5.00. The van der Waals surface area contributed by atoms with Gasteiger partial charge in [0.15, 0.2) is 0 Å². The number of aromatic nitrogens is 1. The summed E-state index contributed by atoms with van der Waals surface area (Å²) in [5.41, 5.74) is 2.15. The minimum absolute atomic E-state index is 0.00182. The highest BCUT2D eigenvalue weighted by Crippen LogP contribution is 2.16. The molecule has 1 aliphatic heterocycles. The maximum absolute atomic E-state index is 12.6. The van der Waals surface area contributed by atoms with Crippen LogP contribution in [-0.2, 0) is 16.1 Å². The molecule has 0 radical (unpaired) electrons. The fourth-order valence-electron chi connectivity index (χ4n) is 3.10. The topological polar surface area (TPSA) is 56.8 Å². The molecule has 0 N–H and O–H groups in total. The number of hydrogen-bond donors (Lipinski definition) is 0. The maximum atomic E-state index is 12.6. The molecule has 136 valence electrons. The van der Waals surface area contributed by atoms with Crippen molar-refractivity contribution in [3.8, 4) is 0 Å². The second kappa shape index (κ2) is 8.47. The molecule has 6 nitrogen and oxygen atoms in total. The van der Waals surface area contributed by atoms with E-state index >= 15 is 0 Å². The van der Waals surface area contributed by atoms with E-state index in [4.69, 9.17) is 0 Å². The third kappa shape index (κ3) is 4.59. The summed E-state index contributed by atoms with van der Waals surface area (Å²) in [5.74, 6) is -0.0972. The SMILES string of the molecule is CC(=O)N(CC(=O)N1CCN(c2ccccc2)CC1)Cc1ccncc1. The Bertz CT molecular complexity index is 728. The number of amides is 2. The lowest BCUT2D eigenvalue weighted by molar-refractivity contribution is -0.140. The third-order valence-corrected chi connectivity index (χ3v) is 4.65. The van der Waals surface area contributed by atoms with Crippen molar-refractivity contribution >= 4 is 17.5 Å². The summed E-state index contributed by atoms with van der Waals surface area (Å²) in [5, 5.41) is 0. The van der Waals surface area contributed by atoms with Crippen LogP contribution in [0.4, 0.5) is 5.69 Å². The second-order valence-electron chi connectivity index (χ2n) is 6.43. The molecule has 1 fully saturated rings. The van der Waals surface area contributed by atoms with E-state index in [1.165, 1.54) is 12.6 Å². The fourth-order valence-corrected chi connectivity index (χ4v) is 3.10. The molecule has 2 amide bonds. The summed E-state index contributed by atoms with van der Waals surface area (Å²) in [6, 6.07) is 13.9. The van der Waals surface area contributed by atoms with Crippen LogP contribution in [0.2, 0.25) is 0 Å². The lowest BCUT2D eigenvalue weighted by Crippen LogP contribution is -2.51. The Hall–Kier alpha value is -2.89. The molecule has 0 bridgehead atoms. The van der Waals surface area contributed by atoms with Gasteiger partial charge < -0.3 is 14.7 Å². The molecule has 26 heavy (non-hydrogen) atoms. The lowest BCUT2D eigenvalue weighted by atomic mass is 10.2. The molecule has 0 atom stereocenters. The summed E-state index contributed by atoms with van der Waals surface area (Å²) < 4.78 is 0. The van der Waals surface area contributed by atoms with E-state index in [9.17, 15) is 9.59 Å². The minimum atomic E-state index is -0.0990. The fraction of sp³-hybridized carbons (Fsp3) is 0.350. The highest BCUT2D eigenvalue weighted by Gasteiger charge is 2.23. The van der Waals surface area contributed by atoms with Gasteiger partial charge in [-0.15, -0.1) is 0 Å². The first-order valence-corrected chi connectivity index (χ1v) is 8.85.